The van der Waals surface area contributed by atoms with Gasteiger partial charge in [0.25, 0.3) is 5.91 Å². The second-order valence-electron chi connectivity index (χ2n) is 6.46. The number of nitrogens with two attached hydrogens (primary N) is 1. The number of anilines is 1. The van der Waals surface area contributed by atoms with Gasteiger partial charge in [0.1, 0.15) is 17.6 Å². The number of hydrogen-bond acceptors (Lipinski definition) is 6. The fourth-order valence-electron chi connectivity index (χ4n) is 3.14. The van der Waals surface area contributed by atoms with E-state index in [4.69, 9.17) is 5.73 Å². The van der Waals surface area contributed by atoms with E-state index in [9.17, 15) is 22.4 Å². The molecule has 8 nitrogen and oxygen atoms in total. The van der Waals surface area contributed by atoms with Gasteiger partial charge in [-0.1, -0.05) is 0 Å². The Morgan fingerprint density at radius 3 is 2.50 bits per heavy atom. The summed E-state index contributed by atoms with van der Waals surface area (Å²) in [5.74, 6) is -1.57. The number of hydrazone groups is 1. The molecular weight excluding hydrogens is 363 g/mol. The Morgan fingerprint density at radius 2 is 1.96 bits per heavy atom. The van der Waals surface area contributed by atoms with E-state index < -0.39 is 39.6 Å². The molecule has 1 fully saturated rings. The minimum absolute atomic E-state index is 0.00928. The number of primary amides is 1. The summed E-state index contributed by atoms with van der Waals surface area (Å²) in [5.41, 5.74) is 5.97. The predicted octanol–water partition coefficient (Wildman–Crippen LogP) is -0.109. The van der Waals surface area contributed by atoms with E-state index >= 15 is 0 Å². The minimum Gasteiger partial charge on any atom is -0.368 e. The van der Waals surface area contributed by atoms with Crippen molar-refractivity contribution >= 4 is 33.1 Å². The molecule has 0 radical (unpaired) electrons. The number of carbonyl (C=O) groups is 2. The summed E-state index contributed by atoms with van der Waals surface area (Å²) in [5, 5.41) is 5.51. The first kappa shape index (κ1) is 18.3. The summed E-state index contributed by atoms with van der Waals surface area (Å²) in [6, 6.07) is 4.05. The van der Waals surface area contributed by atoms with Crippen molar-refractivity contribution in [2.24, 2.45) is 10.8 Å². The molecule has 0 aromatic heterocycles. The monoisotopic (exact) mass is 382 g/mol. The van der Waals surface area contributed by atoms with Crippen LogP contribution in [0, 0.1) is 5.82 Å². The summed E-state index contributed by atoms with van der Waals surface area (Å²) >= 11 is 0. The number of nitrogens with zero attached hydrogens (tertiary/aromatic N) is 3. The van der Waals surface area contributed by atoms with Crippen molar-refractivity contribution in [2.75, 3.05) is 23.6 Å². The van der Waals surface area contributed by atoms with Crippen LogP contribution in [0.1, 0.15) is 12.8 Å². The molecule has 1 aromatic rings. The molecular formula is C16H19FN4O4S. The Kier molecular flexibility index (Phi) is 4.70. The lowest BCUT2D eigenvalue weighted by atomic mass is 10.1. The number of carbonyl (C=O) groups excluding carboxylic acids is 2. The van der Waals surface area contributed by atoms with Gasteiger partial charge < -0.3 is 10.6 Å². The van der Waals surface area contributed by atoms with Crippen LogP contribution in [-0.4, -0.2) is 61.5 Å². The molecule has 0 bridgehead atoms. The Morgan fingerprint density at radius 1 is 1.31 bits per heavy atom. The average molecular weight is 382 g/mol. The normalized spacial score (nSPS) is 24.4. The van der Waals surface area contributed by atoms with Gasteiger partial charge in [0.05, 0.1) is 17.2 Å². The van der Waals surface area contributed by atoms with Crippen LogP contribution < -0.4 is 10.7 Å². The van der Waals surface area contributed by atoms with Gasteiger partial charge in [-0.2, -0.15) is 5.10 Å². The summed E-state index contributed by atoms with van der Waals surface area (Å²) in [6.07, 6.45) is 0.383. The standard InChI is InChI=1S/C16H19FN4O4S/c1-20(12-6-7-26(24,25)9-12)16(23)13-8-14(15(18)22)21(19-13)11-4-2-10(17)3-5-11/h2-5,12,14H,6-9H2,1H3,(H2,18,22). The topological polar surface area (TPSA) is 113 Å². The Bertz CT molecular complexity index is 869. The van der Waals surface area contributed by atoms with Gasteiger partial charge in [-0.3, -0.25) is 14.6 Å². The van der Waals surface area contributed by atoms with E-state index in [1.807, 2.05) is 0 Å². The molecule has 3 rings (SSSR count). The van der Waals surface area contributed by atoms with E-state index in [2.05, 4.69) is 5.10 Å². The number of hydrogen-bond donors (Lipinski definition) is 1. The van der Waals surface area contributed by atoms with Gasteiger partial charge in [0, 0.05) is 19.5 Å². The summed E-state index contributed by atoms with van der Waals surface area (Å²) in [6.45, 7) is 0. The Balaban J connectivity index is 1.83. The van der Waals surface area contributed by atoms with Crippen molar-refractivity contribution in [2.45, 2.75) is 24.9 Å². The quantitative estimate of drug-likeness (QED) is 0.781. The average Bonchev–Trinajstić information content (AvgIpc) is 3.18. The molecule has 10 heteroatoms. The van der Waals surface area contributed by atoms with Crippen LogP contribution in [0.25, 0.3) is 0 Å². The lowest BCUT2D eigenvalue weighted by Crippen LogP contribution is -2.42. The maximum Gasteiger partial charge on any atom is 0.270 e. The van der Waals surface area contributed by atoms with Crippen molar-refractivity contribution in [3.63, 3.8) is 0 Å². The molecule has 0 saturated carbocycles. The lowest BCUT2D eigenvalue weighted by molar-refractivity contribution is -0.124. The first-order valence-corrected chi connectivity index (χ1v) is 9.89. The van der Waals surface area contributed by atoms with Gasteiger partial charge in [0.15, 0.2) is 9.84 Å². The predicted molar refractivity (Wildman–Crippen MR) is 93.7 cm³/mol. The first-order chi connectivity index (χ1) is 12.2. The van der Waals surface area contributed by atoms with Crippen molar-refractivity contribution in [1.29, 1.82) is 0 Å². The molecule has 140 valence electrons. The molecule has 1 saturated heterocycles. The molecule has 0 spiro atoms. The smallest absolute Gasteiger partial charge is 0.270 e. The van der Waals surface area contributed by atoms with Crippen molar-refractivity contribution < 1.29 is 22.4 Å². The second-order valence-corrected chi connectivity index (χ2v) is 8.69. The zero-order valence-corrected chi connectivity index (χ0v) is 14.9. The highest BCUT2D eigenvalue weighted by Crippen LogP contribution is 2.26. The van der Waals surface area contributed by atoms with Crippen LogP contribution in [0.4, 0.5) is 10.1 Å². The first-order valence-electron chi connectivity index (χ1n) is 8.07. The van der Waals surface area contributed by atoms with E-state index in [0.717, 1.165) is 0 Å². The maximum absolute atomic E-state index is 13.1. The van der Waals surface area contributed by atoms with E-state index in [0.29, 0.717) is 12.1 Å². The summed E-state index contributed by atoms with van der Waals surface area (Å²) in [7, 11) is -1.61. The van der Waals surface area contributed by atoms with Crippen LogP contribution in [0.2, 0.25) is 0 Å². The molecule has 2 atom stereocenters. The van der Waals surface area contributed by atoms with Crippen LogP contribution in [0.5, 0.6) is 0 Å². The number of amides is 2. The van der Waals surface area contributed by atoms with Gasteiger partial charge >= 0.3 is 0 Å². The molecule has 2 aliphatic rings. The summed E-state index contributed by atoms with van der Waals surface area (Å²) in [4.78, 5) is 25.8. The van der Waals surface area contributed by atoms with Gasteiger partial charge in [0.2, 0.25) is 5.91 Å². The molecule has 2 amide bonds. The fourth-order valence-corrected chi connectivity index (χ4v) is 4.92. The fraction of sp³-hybridized carbons (Fsp3) is 0.438. The molecule has 1 aromatic carbocycles. The van der Waals surface area contributed by atoms with Gasteiger partial charge in [-0.25, -0.2) is 12.8 Å². The molecule has 26 heavy (non-hydrogen) atoms. The maximum atomic E-state index is 13.1. The third-order valence-corrected chi connectivity index (χ3v) is 6.40. The van der Waals surface area contributed by atoms with Crippen LogP contribution >= 0.6 is 0 Å². The van der Waals surface area contributed by atoms with E-state index in [1.165, 1.54) is 41.2 Å². The van der Waals surface area contributed by atoms with E-state index in [1.54, 1.807) is 0 Å². The highest BCUT2D eigenvalue weighted by Gasteiger charge is 2.39. The van der Waals surface area contributed by atoms with E-state index in [-0.39, 0.29) is 23.6 Å². The minimum atomic E-state index is -3.13. The third-order valence-electron chi connectivity index (χ3n) is 4.65. The summed E-state index contributed by atoms with van der Waals surface area (Å²) < 4.78 is 36.4. The molecule has 2 N–H and O–H groups in total. The SMILES string of the molecule is CN(C(=O)C1=NN(c2ccc(F)cc2)C(C(N)=O)C1)C1CCS(=O)(=O)C1. The highest BCUT2D eigenvalue weighted by molar-refractivity contribution is 7.91. The lowest BCUT2D eigenvalue weighted by Gasteiger charge is -2.23. The number of rotatable bonds is 4. The van der Waals surface area contributed by atoms with Crippen LogP contribution in [0.15, 0.2) is 29.4 Å². The largest absolute Gasteiger partial charge is 0.368 e. The second kappa shape index (κ2) is 6.67. The van der Waals surface area contributed by atoms with Crippen LogP contribution in [0.3, 0.4) is 0 Å². The molecule has 2 heterocycles. The number of sulfone groups is 1. The molecule has 2 unspecified atom stereocenters. The zero-order valence-electron chi connectivity index (χ0n) is 14.1. The van der Waals surface area contributed by atoms with Crippen molar-refractivity contribution in [1.82, 2.24) is 4.90 Å². The Hall–Kier alpha value is -2.49. The Labute approximate surface area is 150 Å². The van der Waals surface area contributed by atoms with Crippen LogP contribution in [-0.2, 0) is 19.4 Å². The van der Waals surface area contributed by atoms with Crippen molar-refractivity contribution in [3.05, 3.63) is 30.1 Å². The molecule has 2 aliphatic heterocycles. The molecule has 0 aliphatic carbocycles. The van der Waals surface area contributed by atoms with Gasteiger partial charge in [-0.05, 0) is 30.7 Å². The number of halogens is 1. The number of benzene rings is 1. The van der Waals surface area contributed by atoms with Gasteiger partial charge in [-0.15, -0.1) is 0 Å². The van der Waals surface area contributed by atoms with Crippen molar-refractivity contribution in [3.8, 4) is 0 Å². The highest BCUT2D eigenvalue weighted by atomic mass is 32.2. The zero-order chi connectivity index (χ0) is 19.1. The third kappa shape index (κ3) is 3.55.